The van der Waals surface area contributed by atoms with E-state index in [4.69, 9.17) is 27.9 Å². The van der Waals surface area contributed by atoms with Gasteiger partial charge in [0.25, 0.3) is 0 Å². The SMILES string of the molecule is CCOC(=O)Nc1ccc(Nc2cc(Cl)ccc2Cl)cn1. The fourth-order valence-electron chi connectivity index (χ4n) is 1.56. The van der Waals surface area contributed by atoms with Gasteiger partial charge in [-0.1, -0.05) is 23.2 Å². The van der Waals surface area contributed by atoms with Crippen molar-refractivity contribution in [2.24, 2.45) is 0 Å². The summed E-state index contributed by atoms with van der Waals surface area (Å²) in [5.74, 6) is 0.399. The second-order valence-electron chi connectivity index (χ2n) is 4.03. The predicted molar refractivity (Wildman–Crippen MR) is 84.6 cm³/mol. The standard InChI is InChI=1S/C14H13Cl2N3O2/c1-2-21-14(20)19-13-6-4-10(8-17-13)18-12-7-9(15)3-5-11(12)16/h3-8,18H,2H2,1H3,(H,17,19,20). The average Bonchev–Trinajstić information content (AvgIpc) is 2.45. The van der Waals surface area contributed by atoms with Crippen molar-refractivity contribution in [3.63, 3.8) is 0 Å². The van der Waals surface area contributed by atoms with Gasteiger partial charge in [0, 0.05) is 5.02 Å². The van der Waals surface area contributed by atoms with Gasteiger partial charge >= 0.3 is 6.09 Å². The summed E-state index contributed by atoms with van der Waals surface area (Å²) in [6.07, 6.45) is 1.03. The van der Waals surface area contributed by atoms with Gasteiger partial charge in [-0.2, -0.15) is 0 Å². The summed E-state index contributed by atoms with van der Waals surface area (Å²) >= 11 is 12.0. The quantitative estimate of drug-likeness (QED) is 0.855. The number of hydrogen-bond donors (Lipinski definition) is 2. The normalized spacial score (nSPS) is 10.0. The molecule has 0 aliphatic heterocycles. The fourth-order valence-corrected chi connectivity index (χ4v) is 1.90. The molecule has 0 aliphatic carbocycles. The fraction of sp³-hybridized carbons (Fsp3) is 0.143. The first kappa shape index (κ1) is 15.4. The van der Waals surface area contributed by atoms with Crippen LogP contribution in [0.4, 0.5) is 22.0 Å². The number of carbonyl (C=O) groups is 1. The number of ether oxygens (including phenoxy) is 1. The van der Waals surface area contributed by atoms with Crippen molar-refractivity contribution >= 4 is 46.5 Å². The monoisotopic (exact) mass is 325 g/mol. The molecular formula is C14H13Cl2N3O2. The van der Waals surface area contributed by atoms with Crippen LogP contribution >= 0.6 is 23.2 Å². The summed E-state index contributed by atoms with van der Waals surface area (Å²) in [5.41, 5.74) is 1.39. The summed E-state index contributed by atoms with van der Waals surface area (Å²) in [6, 6.07) is 8.54. The molecule has 0 fully saturated rings. The third-order valence-electron chi connectivity index (χ3n) is 2.48. The second-order valence-corrected chi connectivity index (χ2v) is 4.87. The largest absolute Gasteiger partial charge is 0.450 e. The Balaban J connectivity index is 2.05. The van der Waals surface area contributed by atoms with Crippen molar-refractivity contribution in [3.05, 3.63) is 46.6 Å². The lowest BCUT2D eigenvalue weighted by Crippen LogP contribution is -2.14. The minimum absolute atomic E-state index is 0.304. The number of anilines is 3. The van der Waals surface area contributed by atoms with Crippen LogP contribution in [0.2, 0.25) is 10.0 Å². The van der Waals surface area contributed by atoms with E-state index in [1.807, 2.05) is 0 Å². The van der Waals surface area contributed by atoms with E-state index in [0.717, 1.165) is 0 Å². The lowest BCUT2D eigenvalue weighted by molar-refractivity contribution is 0.168. The molecule has 0 aliphatic rings. The summed E-state index contributed by atoms with van der Waals surface area (Å²) in [4.78, 5) is 15.3. The third kappa shape index (κ3) is 4.51. The molecule has 1 aromatic carbocycles. The van der Waals surface area contributed by atoms with E-state index in [9.17, 15) is 4.79 Å². The molecule has 0 bridgehead atoms. The van der Waals surface area contributed by atoms with Crippen LogP contribution in [0.1, 0.15) is 6.92 Å². The molecular weight excluding hydrogens is 313 g/mol. The molecule has 7 heteroatoms. The number of amides is 1. The molecule has 21 heavy (non-hydrogen) atoms. The maximum absolute atomic E-state index is 11.2. The number of nitrogens with zero attached hydrogens (tertiary/aromatic N) is 1. The van der Waals surface area contributed by atoms with Crippen LogP contribution in [0.5, 0.6) is 0 Å². The Morgan fingerprint density at radius 2 is 2.10 bits per heavy atom. The molecule has 0 atom stereocenters. The van der Waals surface area contributed by atoms with Crippen molar-refractivity contribution in [1.29, 1.82) is 0 Å². The van der Waals surface area contributed by atoms with Crippen LogP contribution in [-0.4, -0.2) is 17.7 Å². The molecule has 2 rings (SSSR count). The number of aromatic nitrogens is 1. The van der Waals surface area contributed by atoms with Crippen molar-refractivity contribution in [3.8, 4) is 0 Å². The van der Waals surface area contributed by atoms with Crippen LogP contribution < -0.4 is 10.6 Å². The number of nitrogens with one attached hydrogen (secondary N) is 2. The van der Waals surface area contributed by atoms with Crippen LogP contribution in [-0.2, 0) is 4.74 Å². The van der Waals surface area contributed by atoms with Gasteiger partial charge in [0.1, 0.15) is 5.82 Å². The lowest BCUT2D eigenvalue weighted by Gasteiger charge is -2.09. The zero-order valence-electron chi connectivity index (χ0n) is 11.2. The molecule has 0 unspecified atom stereocenters. The van der Waals surface area contributed by atoms with E-state index in [-0.39, 0.29) is 0 Å². The van der Waals surface area contributed by atoms with Crippen molar-refractivity contribution < 1.29 is 9.53 Å². The lowest BCUT2D eigenvalue weighted by atomic mass is 10.3. The van der Waals surface area contributed by atoms with Gasteiger partial charge < -0.3 is 10.1 Å². The van der Waals surface area contributed by atoms with Crippen molar-refractivity contribution in [2.45, 2.75) is 6.92 Å². The number of hydrogen-bond acceptors (Lipinski definition) is 4. The number of halogens is 2. The van der Waals surface area contributed by atoms with Gasteiger partial charge in [-0.3, -0.25) is 5.32 Å². The maximum Gasteiger partial charge on any atom is 0.412 e. The minimum Gasteiger partial charge on any atom is -0.450 e. The van der Waals surface area contributed by atoms with Gasteiger partial charge in [0.05, 0.1) is 29.2 Å². The van der Waals surface area contributed by atoms with Gasteiger partial charge in [-0.25, -0.2) is 9.78 Å². The van der Waals surface area contributed by atoms with Crippen LogP contribution in [0.15, 0.2) is 36.5 Å². The highest BCUT2D eigenvalue weighted by Crippen LogP contribution is 2.28. The van der Waals surface area contributed by atoms with Gasteiger partial charge in [-0.15, -0.1) is 0 Å². The molecule has 0 radical (unpaired) electrons. The van der Waals surface area contributed by atoms with Crippen molar-refractivity contribution in [1.82, 2.24) is 4.98 Å². The number of pyridine rings is 1. The predicted octanol–water partition coefficient (Wildman–Crippen LogP) is 4.70. The highest BCUT2D eigenvalue weighted by Gasteiger charge is 2.05. The Kier molecular flexibility index (Phi) is 5.25. The highest BCUT2D eigenvalue weighted by atomic mass is 35.5. The molecule has 0 spiro atoms. The molecule has 1 amide bonds. The molecule has 110 valence electrons. The molecule has 0 saturated carbocycles. The molecule has 2 aromatic rings. The van der Waals surface area contributed by atoms with Gasteiger partial charge in [0.2, 0.25) is 0 Å². The summed E-state index contributed by atoms with van der Waals surface area (Å²) in [7, 11) is 0. The summed E-state index contributed by atoms with van der Waals surface area (Å²) in [5, 5.41) is 6.73. The topological polar surface area (TPSA) is 63.2 Å². The van der Waals surface area contributed by atoms with E-state index >= 15 is 0 Å². The average molecular weight is 326 g/mol. The van der Waals surface area contributed by atoms with E-state index in [0.29, 0.717) is 33.8 Å². The van der Waals surface area contributed by atoms with Crippen LogP contribution in [0.25, 0.3) is 0 Å². The summed E-state index contributed by atoms with van der Waals surface area (Å²) in [6.45, 7) is 2.04. The number of benzene rings is 1. The first-order valence-electron chi connectivity index (χ1n) is 6.20. The van der Waals surface area contributed by atoms with Crippen LogP contribution in [0, 0.1) is 0 Å². The first-order chi connectivity index (χ1) is 10.1. The summed E-state index contributed by atoms with van der Waals surface area (Å²) < 4.78 is 4.76. The molecule has 1 heterocycles. The second kappa shape index (κ2) is 7.15. The Bertz CT molecular complexity index is 633. The maximum atomic E-state index is 11.2. The Hall–Kier alpha value is -1.98. The minimum atomic E-state index is -0.538. The molecule has 1 aromatic heterocycles. The Labute approximate surface area is 132 Å². The van der Waals surface area contributed by atoms with Gasteiger partial charge in [-0.05, 0) is 37.3 Å². The van der Waals surface area contributed by atoms with Crippen LogP contribution in [0.3, 0.4) is 0 Å². The Morgan fingerprint density at radius 1 is 1.29 bits per heavy atom. The third-order valence-corrected chi connectivity index (χ3v) is 3.04. The Morgan fingerprint density at radius 3 is 2.76 bits per heavy atom. The molecule has 0 saturated heterocycles. The smallest absolute Gasteiger partial charge is 0.412 e. The highest BCUT2D eigenvalue weighted by molar-refractivity contribution is 6.35. The van der Waals surface area contributed by atoms with E-state index in [2.05, 4.69) is 15.6 Å². The van der Waals surface area contributed by atoms with Crippen molar-refractivity contribution in [2.75, 3.05) is 17.2 Å². The van der Waals surface area contributed by atoms with Gasteiger partial charge in [0.15, 0.2) is 0 Å². The number of rotatable bonds is 4. The van der Waals surface area contributed by atoms with E-state index in [1.165, 1.54) is 0 Å². The zero-order chi connectivity index (χ0) is 15.2. The molecule has 5 nitrogen and oxygen atoms in total. The van der Waals surface area contributed by atoms with E-state index in [1.54, 1.807) is 43.5 Å². The number of carbonyl (C=O) groups excluding carboxylic acids is 1. The van der Waals surface area contributed by atoms with E-state index < -0.39 is 6.09 Å². The zero-order valence-corrected chi connectivity index (χ0v) is 12.7. The first-order valence-corrected chi connectivity index (χ1v) is 6.96. The molecule has 2 N–H and O–H groups in total.